The molecule has 1 atom stereocenters. The molecule has 2 N–H and O–H groups in total. The number of rotatable bonds is 8. The molecule has 0 fully saturated rings. The Labute approximate surface area is 197 Å². The SMILES string of the molecule is CCCn1c(=O)c2ccc(C(=O)NC(C)CC)cc2n2c(SCC(=O)NC(C)(C)C)nnc12. The maximum atomic E-state index is 13.2. The van der Waals surface area contributed by atoms with Crippen molar-refractivity contribution in [2.45, 2.75) is 77.7 Å². The summed E-state index contributed by atoms with van der Waals surface area (Å²) in [5, 5.41) is 15.4. The second-order valence-corrected chi connectivity index (χ2v) is 10.1. The minimum atomic E-state index is -0.337. The molecule has 10 heteroatoms. The van der Waals surface area contributed by atoms with Crippen LogP contribution in [0.4, 0.5) is 0 Å². The number of amides is 2. The lowest BCUT2D eigenvalue weighted by atomic mass is 10.1. The van der Waals surface area contributed by atoms with Crippen molar-refractivity contribution >= 4 is 40.3 Å². The lowest BCUT2D eigenvalue weighted by molar-refractivity contribution is -0.119. The van der Waals surface area contributed by atoms with Crippen LogP contribution in [-0.4, -0.2) is 48.3 Å². The van der Waals surface area contributed by atoms with E-state index < -0.39 is 0 Å². The van der Waals surface area contributed by atoms with E-state index in [0.29, 0.717) is 33.9 Å². The van der Waals surface area contributed by atoms with E-state index >= 15 is 0 Å². The van der Waals surface area contributed by atoms with Gasteiger partial charge in [-0.2, -0.15) is 0 Å². The fraction of sp³-hybridized carbons (Fsp3) is 0.522. The highest BCUT2D eigenvalue weighted by atomic mass is 32.2. The van der Waals surface area contributed by atoms with Gasteiger partial charge in [-0.25, -0.2) is 0 Å². The number of hydrogen-bond donors (Lipinski definition) is 2. The van der Waals surface area contributed by atoms with Gasteiger partial charge < -0.3 is 10.6 Å². The van der Waals surface area contributed by atoms with Gasteiger partial charge in [0.05, 0.1) is 16.7 Å². The summed E-state index contributed by atoms with van der Waals surface area (Å²) in [5.41, 5.74) is 0.480. The van der Waals surface area contributed by atoms with E-state index in [1.807, 2.05) is 41.5 Å². The van der Waals surface area contributed by atoms with Crippen LogP contribution in [0.1, 0.15) is 64.7 Å². The Bertz CT molecular complexity index is 1240. The van der Waals surface area contributed by atoms with E-state index in [0.717, 1.165) is 12.8 Å². The standard InChI is InChI=1S/C23H32N6O3S/c1-7-11-28-20(32)16-10-9-15(19(31)24-14(3)8-2)12-17(16)29-21(28)26-27-22(29)33-13-18(30)25-23(4,5)6/h9-10,12,14H,7-8,11,13H2,1-6H3,(H,24,31)(H,25,30). The predicted molar refractivity (Wildman–Crippen MR) is 131 cm³/mol. The first-order valence-corrected chi connectivity index (χ1v) is 12.2. The van der Waals surface area contributed by atoms with Crippen molar-refractivity contribution in [3.8, 4) is 0 Å². The lowest BCUT2D eigenvalue weighted by Crippen LogP contribution is -2.41. The zero-order valence-electron chi connectivity index (χ0n) is 20.1. The van der Waals surface area contributed by atoms with Gasteiger partial charge >= 0.3 is 0 Å². The number of aromatic nitrogens is 4. The van der Waals surface area contributed by atoms with Crippen LogP contribution in [0.3, 0.4) is 0 Å². The molecule has 3 rings (SSSR count). The molecule has 0 aliphatic rings. The molecule has 0 bridgehead atoms. The van der Waals surface area contributed by atoms with Gasteiger partial charge in [0.15, 0.2) is 5.16 Å². The number of nitrogens with one attached hydrogen (secondary N) is 2. The van der Waals surface area contributed by atoms with Crippen LogP contribution in [0.15, 0.2) is 28.2 Å². The molecule has 33 heavy (non-hydrogen) atoms. The Morgan fingerprint density at radius 1 is 1.18 bits per heavy atom. The Morgan fingerprint density at radius 2 is 1.91 bits per heavy atom. The number of hydrogen-bond acceptors (Lipinski definition) is 6. The number of carbonyl (C=O) groups is 2. The largest absolute Gasteiger partial charge is 0.351 e. The molecule has 3 aromatic rings. The highest BCUT2D eigenvalue weighted by Crippen LogP contribution is 2.23. The molecule has 0 saturated carbocycles. The van der Waals surface area contributed by atoms with Gasteiger partial charge in [0.2, 0.25) is 11.7 Å². The van der Waals surface area contributed by atoms with Gasteiger partial charge in [-0.3, -0.25) is 23.4 Å². The van der Waals surface area contributed by atoms with Crippen LogP contribution < -0.4 is 16.2 Å². The van der Waals surface area contributed by atoms with Gasteiger partial charge in [-0.1, -0.05) is 25.6 Å². The van der Waals surface area contributed by atoms with Crippen molar-refractivity contribution in [1.29, 1.82) is 0 Å². The van der Waals surface area contributed by atoms with Crippen molar-refractivity contribution in [1.82, 2.24) is 29.8 Å². The Kier molecular flexibility index (Phi) is 7.46. The molecule has 0 saturated heterocycles. The number of carbonyl (C=O) groups excluding carboxylic acids is 2. The van der Waals surface area contributed by atoms with E-state index in [1.54, 1.807) is 27.2 Å². The minimum Gasteiger partial charge on any atom is -0.351 e. The van der Waals surface area contributed by atoms with Crippen molar-refractivity contribution in [3.05, 3.63) is 34.1 Å². The van der Waals surface area contributed by atoms with Crippen LogP contribution in [0, 0.1) is 0 Å². The average Bonchev–Trinajstić information content (AvgIpc) is 3.17. The Morgan fingerprint density at radius 3 is 2.55 bits per heavy atom. The first-order valence-electron chi connectivity index (χ1n) is 11.2. The summed E-state index contributed by atoms with van der Waals surface area (Å²) in [4.78, 5) is 38.3. The van der Waals surface area contributed by atoms with Gasteiger partial charge in [-0.15, -0.1) is 10.2 Å². The fourth-order valence-corrected chi connectivity index (χ4v) is 4.18. The first-order chi connectivity index (χ1) is 15.6. The summed E-state index contributed by atoms with van der Waals surface area (Å²) in [6.45, 7) is 12.2. The second kappa shape index (κ2) is 9.94. The van der Waals surface area contributed by atoms with E-state index in [1.165, 1.54) is 11.8 Å². The number of thioether (sulfide) groups is 1. The molecule has 1 aromatic carbocycles. The molecule has 1 unspecified atom stereocenters. The first kappa shape index (κ1) is 24.8. The highest BCUT2D eigenvalue weighted by molar-refractivity contribution is 7.99. The third kappa shape index (κ3) is 5.55. The molecule has 2 aromatic heterocycles. The van der Waals surface area contributed by atoms with Crippen LogP contribution in [0.2, 0.25) is 0 Å². The normalized spacial score (nSPS) is 12.8. The zero-order valence-corrected chi connectivity index (χ0v) is 20.9. The summed E-state index contributed by atoms with van der Waals surface area (Å²) < 4.78 is 3.36. The van der Waals surface area contributed by atoms with Crippen molar-refractivity contribution in [2.75, 3.05) is 5.75 Å². The topological polar surface area (TPSA) is 110 Å². The number of aryl methyl sites for hydroxylation is 1. The van der Waals surface area contributed by atoms with E-state index in [4.69, 9.17) is 0 Å². The lowest BCUT2D eigenvalue weighted by Gasteiger charge is -2.20. The van der Waals surface area contributed by atoms with Gasteiger partial charge in [0.25, 0.3) is 11.5 Å². The molecular formula is C23H32N6O3S. The van der Waals surface area contributed by atoms with Crippen LogP contribution in [0.5, 0.6) is 0 Å². The number of nitrogens with zero attached hydrogens (tertiary/aromatic N) is 4. The van der Waals surface area contributed by atoms with Crippen molar-refractivity contribution in [2.24, 2.45) is 0 Å². The smallest absolute Gasteiger partial charge is 0.262 e. The monoisotopic (exact) mass is 472 g/mol. The van der Waals surface area contributed by atoms with Gasteiger partial charge in [0.1, 0.15) is 0 Å². The predicted octanol–water partition coefficient (Wildman–Crippen LogP) is 2.99. The summed E-state index contributed by atoms with van der Waals surface area (Å²) >= 11 is 1.24. The third-order valence-electron chi connectivity index (χ3n) is 5.12. The van der Waals surface area contributed by atoms with E-state index in [9.17, 15) is 14.4 Å². The minimum absolute atomic E-state index is 0.0353. The molecule has 9 nitrogen and oxygen atoms in total. The van der Waals surface area contributed by atoms with Gasteiger partial charge in [-0.05, 0) is 58.7 Å². The molecule has 0 radical (unpaired) electrons. The average molecular weight is 473 g/mol. The van der Waals surface area contributed by atoms with Crippen molar-refractivity contribution in [3.63, 3.8) is 0 Å². The maximum Gasteiger partial charge on any atom is 0.262 e. The summed E-state index contributed by atoms with van der Waals surface area (Å²) in [6.07, 6.45) is 1.56. The van der Waals surface area contributed by atoms with Crippen LogP contribution in [-0.2, 0) is 11.3 Å². The molecular weight excluding hydrogens is 440 g/mol. The molecule has 178 valence electrons. The summed E-state index contributed by atoms with van der Waals surface area (Å²) in [6, 6.07) is 5.07. The van der Waals surface area contributed by atoms with E-state index in [2.05, 4.69) is 20.8 Å². The van der Waals surface area contributed by atoms with Crippen LogP contribution in [0.25, 0.3) is 16.7 Å². The maximum absolute atomic E-state index is 13.2. The van der Waals surface area contributed by atoms with Gasteiger partial charge in [0, 0.05) is 23.7 Å². The summed E-state index contributed by atoms with van der Waals surface area (Å²) in [5.74, 6) is 0.223. The second-order valence-electron chi connectivity index (χ2n) is 9.18. The third-order valence-corrected chi connectivity index (χ3v) is 6.05. The summed E-state index contributed by atoms with van der Waals surface area (Å²) in [7, 11) is 0. The molecule has 0 aliphatic heterocycles. The molecule has 0 aliphatic carbocycles. The highest BCUT2D eigenvalue weighted by Gasteiger charge is 2.20. The number of fused-ring (bicyclic) bond motifs is 3. The Balaban J connectivity index is 2.11. The Hall–Kier alpha value is -2.88. The van der Waals surface area contributed by atoms with E-state index in [-0.39, 0.29) is 34.7 Å². The molecule has 2 heterocycles. The molecule has 2 amide bonds. The molecule has 0 spiro atoms. The quantitative estimate of drug-likeness (QED) is 0.488. The number of benzene rings is 1. The zero-order chi connectivity index (χ0) is 24.3. The van der Waals surface area contributed by atoms with Crippen molar-refractivity contribution < 1.29 is 9.59 Å². The fourth-order valence-electron chi connectivity index (χ4n) is 3.44. The van der Waals surface area contributed by atoms with Crippen LogP contribution >= 0.6 is 11.8 Å².